The lowest BCUT2D eigenvalue weighted by Gasteiger charge is -2.41. The standard InChI is InChI=1S/C14H28N2/c1-4-14(6-5-7-15-10-14)11-16-9-12(2)8-13(16)3/h12-13,15H,4-11H2,1-3H3. The summed E-state index contributed by atoms with van der Waals surface area (Å²) >= 11 is 0. The number of hydrogen-bond acceptors (Lipinski definition) is 2. The predicted octanol–water partition coefficient (Wildman–Crippen LogP) is 2.50. The zero-order valence-electron chi connectivity index (χ0n) is 11.3. The molecule has 16 heavy (non-hydrogen) atoms. The molecule has 2 nitrogen and oxygen atoms in total. The van der Waals surface area contributed by atoms with E-state index in [1.807, 2.05) is 0 Å². The van der Waals surface area contributed by atoms with Crippen molar-refractivity contribution < 1.29 is 0 Å². The van der Waals surface area contributed by atoms with Gasteiger partial charge in [-0.2, -0.15) is 0 Å². The van der Waals surface area contributed by atoms with Gasteiger partial charge in [-0.1, -0.05) is 13.8 Å². The zero-order chi connectivity index (χ0) is 11.6. The van der Waals surface area contributed by atoms with Crippen LogP contribution in [0.15, 0.2) is 0 Å². The van der Waals surface area contributed by atoms with Gasteiger partial charge in [-0.25, -0.2) is 0 Å². The Labute approximate surface area is 101 Å². The van der Waals surface area contributed by atoms with Gasteiger partial charge in [0.05, 0.1) is 0 Å². The monoisotopic (exact) mass is 224 g/mol. The fourth-order valence-electron chi connectivity index (χ4n) is 3.62. The van der Waals surface area contributed by atoms with Crippen LogP contribution in [-0.2, 0) is 0 Å². The molecule has 2 saturated heterocycles. The van der Waals surface area contributed by atoms with Crippen LogP contribution in [0.1, 0.15) is 46.5 Å². The van der Waals surface area contributed by atoms with Crippen molar-refractivity contribution in [1.29, 1.82) is 0 Å². The third-order valence-corrected chi connectivity index (χ3v) is 4.76. The molecular formula is C14H28N2. The van der Waals surface area contributed by atoms with Crippen LogP contribution in [0.4, 0.5) is 0 Å². The number of piperidine rings is 1. The van der Waals surface area contributed by atoms with E-state index in [4.69, 9.17) is 0 Å². The van der Waals surface area contributed by atoms with Crippen LogP contribution in [0.5, 0.6) is 0 Å². The molecule has 0 aromatic heterocycles. The van der Waals surface area contributed by atoms with E-state index in [-0.39, 0.29) is 0 Å². The summed E-state index contributed by atoms with van der Waals surface area (Å²) in [5.41, 5.74) is 0.566. The molecule has 94 valence electrons. The first-order valence-electron chi connectivity index (χ1n) is 7.10. The molecule has 0 saturated carbocycles. The lowest BCUT2D eigenvalue weighted by molar-refractivity contribution is 0.107. The third kappa shape index (κ3) is 2.60. The van der Waals surface area contributed by atoms with E-state index in [0.717, 1.165) is 12.0 Å². The lowest BCUT2D eigenvalue weighted by atomic mass is 9.78. The summed E-state index contributed by atoms with van der Waals surface area (Å²) in [6, 6.07) is 0.806. The normalized spacial score (nSPS) is 41.4. The minimum absolute atomic E-state index is 0.566. The highest BCUT2D eigenvalue weighted by Gasteiger charge is 2.36. The third-order valence-electron chi connectivity index (χ3n) is 4.76. The van der Waals surface area contributed by atoms with Crippen LogP contribution in [-0.4, -0.2) is 37.1 Å². The second-order valence-corrected chi connectivity index (χ2v) is 6.25. The summed E-state index contributed by atoms with van der Waals surface area (Å²) in [4.78, 5) is 2.74. The molecule has 2 rings (SSSR count). The average molecular weight is 224 g/mol. The number of likely N-dealkylation sites (tertiary alicyclic amines) is 1. The quantitative estimate of drug-likeness (QED) is 0.792. The van der Waals surface area contributed by atoms with E-state index in [0.29, 0.717) is 5.41 Å². The maximum Gasteiger partial charge on any atom is 0.00702 e. The Balaban J connectivity index is 1.95. The van der Waals surface area contributed by atoms with Crippen molar-refractivity contribution >= 4 is 0 Å². The molecule has 0 aromatic rings. The van der Waals surface area contributed by atoms with Gasteiger partial charge >= 0.3 is 0 Å². The summed E-state index contributed by atoms with van der Waals surface area (Å²) in [5.74, 6) is 0.903. The van der Waals surface area contributed by atoms with Gasteiger partial charge in [-0.05, 0) is 50.5 Å². The molecule has 0 aromatic carbocycles. The second kappa shape index (κ2) is 5.05. The van der Waals surface area contributed by atoms with E-state index in [1.54, 1.807) is 0 Å². The summed E-state index contributed by atoms with van der Waals surface area (Å²) in [5, 5.41) is 3.60. The fraction of sp³-hybridized carbons (Fsp3) is 1.00. The Hall–Kier alpha value is -0.0800. The topological polar surface area (TPSA) is 15.3 Å². The Morgan fingerprint density at radius 2 is 2.19 bits per heavy atom. The molecule has 2 heteroatoms. The first kappa shape index (κ1) is 12.4. The van der Waals surface area contributed by atoms with E-state index < -0.39 is 0 Å². The van der Waals surface area contributed by atoms with Crippen LogP contribution in [0.3, 0.4) is 0 Å². The Morgan fingerprint density at radius 1 is 1.38 bits per heavy atom. The van der Waals surface area contributed by atoms with E-state index >= 15 is 0 Å². The molecule has 2 heterocycles. The van der Waals surface area contributed by atoms with Gasteiger partial charge in [0.15, 0.2) is 0 Å². The van der Waals surface area contributed by atoms with E-state index in [2.05, 4.69) is 31.0 Å². The van der Waals surface area contributed by atoms with Gasteiger partial charge in [0.1, 0.15) is 0 Å². The summed E-state index contributed by atoms with van der Waals surface area (Å²) in [7, 11) is 0. The molecule has 0 spiro atoms. The highest BCUT2D eigenvalue weighted by atomic mass is 15.2. The number of nitrogens with zero attached hydrogens (tertiary/aromatic N) is 1. The van der Waals surface area contributed by atoms with Crippen LogP contribution >= 0.6 is 0 Å². The van der Waals surface area contributed by atoms with Crippen molar-refractivity contribution in [2.24, 2.45) is 11.3 Å². The summed E-state index contributed by atoms with van der Waals surface area (Å²) in [6.07, 6.45) is 5.52. The average Bonchev–Trinajstić information content (AvgIpc) is 2.59. The SMILES string of the molecule is CCC1(CN2CC(C)CC2C)CCCNC1. The number of hydrogen-bond donors (Lipinski definition) is 1. The molecule has 0 aliphatic carbocycles. The first-order chi connectivity index (χ1) is 7.65. The van der Waals surface area contributed by atoms with Gasteiger partial charge in [-0.15, -0.1) is 0 Å². The molecule has 2 aliphatic heterocycles. The summed E-state index contributed by atoms with van der Waals surface area (Å²) in [6.45, 7) is 12.3. The van der Waals surface area contributed by atoms with Crippen molar-refractivity contribution in [3.05, 3.63) is 0 Å². The molecule has 0 radical (unpaired) electrons. The highest BCUT2D eigenvalue weighted by molar-refractivity contribution is 4.91. The molecule has 2 fully saturated rings. The van der Waals surface area contributed by atoms with Crippen LogP contribution < -0.4 is 5.32 Å². The largest absolute Gasteiger partial charge is 0.316 e. The van der Waals surface area contributed by atoms with Crippen molar-refractivity contribution in [3.8, 4) is 0 Å². The Kier molecular flexibility index (Phi) is 3.91. The van der Waals surface area contributed by atoms with Crippen molar-refractivity contribution in [3.63, 3.8) is 0 Å². The van der Waals surface area contributed by atoms with Gasteiger partial charge in [-0.3, -0.25) is 4.90 Å². The maximum absolute atomic E-state index is 3.60. The molecule has 2 aliphatic rings. The number of rotatable bonds is 3. The minimum Gasteiger partial charge on any atom is -0.316 e. The van der Waals surface area contributed by atoms with Crippen LogP contribution in [0, 0.1) is 11.3 Å². The minimum atomic E-state index is 0.566. The van der Waals surface area contributed by atoms with E-state index in [9.17, 15) is 0 Å². The van der Waals surface area contributed by atoms with Crippen molar-refractivity contribution in [2.75, 3.05) is 26.2 Å². The number of nitrogens with one attached hydrogen (secondary N) is 1. The zero-order valence-corrected chi connectivity index (χ0v) is 11.3. The molecular weight excluding hydrogens is 196 g/mol. The van der Waals surface area contributed by atoms with Crippen molar-refractivity contribution in [1.82, 2.24) is 10.2 Å². The molecule has 0 bridgehead atoms. The van der Waals surface area contributed by atoms with Gasteiger partial charge in [0.25, 0.3) is 0 Å². The maximum atomic E-state index is 3.60. The Bertz CT molecular complexity index is 221. The molecule has 1 N–H and O–H groups in total. The highest BCUT2D eigenvalue weighted by Crippen LogP contribution is 2.34. The molecule has 3 atom stereocenters. The molecule has 3 unspecified atom stereocenters. The second-order valence-electron chi connectivity index (χ2n) is 6.25. The molecule has 0 amide bonds. The van der Waals surface area contributed by atoms with Crippen LogP contribution in [0.2, 0.25) is 0 Å². The Morgan fingerprint density at radius 3 is 2.69 bits per heavy atom. The smallest absolute Gasteiger partial charge is 0.00702 e. The van der Waals surface area contributed by atoms with Gasteiger partial charge in [0.2, 0.25) is 0 Å². The van der Waals surface area contributed by atoms with Crippen molar-refractivity contribution in [2.45, 2.75) is 52.5 Å². The predicted molar refractivity (Wildman–Crippen MR) is 69.6 cm³/mol. The van der Waals surface area contributed by atoms with Gasteiger partial charge < -0.3 is 5.32 Å². The lowest BCUT2D eigenvalue weighted by Crippen LogP contribution is -2.48. The van der Waals surface area contributed by atoms with E-state index in [1.165, 1.54) is 51.9 Å². The van der Waals surface area contributed by atoms with Crippen LogP contribution in [0.25, 0.3) is 0 Å². The van der Waals surface area contributed by atoms with Gasteiger partial charge in [0, 0.05) is 25.7 Å². The summed E-state index contributed by atoms with van der Waals surface area (Å²) < 4.78 is 0. The fourth-order valence-corrected chi connectivity index (χ4v) is 3.62. The first-order valence-corrected chi connectivity index (χ1v) is 7.10.